The first kappa shape index (κ1) is 21.9. The molecular weight excluding hydrogens is 460 g/mol. The molecule has 1 aliphatic carbocycles. The van der Waals surface area contributed by atoms with Crippen molar-refractivity contribution < 1.29 is 18.4 Å². The standard InChI is InChI=1S/C24H22N2O5S2/c1-3-13-10-20-18(12-19(13)26-23(28)15-6-4-5-7-16(15)24(26)29)22(27)17-9-8-14(11-21(17)32-20)25(2)33(30)31/h4-9,11,13,19H,3,10,12H2,1-2H3,(H,30,31)/p-1. The molecule has 1 aromatic heterocycles. The van der Waals surface area contributed by atoms with Crippen LogP contribution in [-0.2, 0) is 24.1 Å². The van der Waals surface area contributed by atoms with E-state index in [0.717, 1.165) is 20.3 Å². The van der Waals surface area contributed by atoms with Crippen molar-refractivity contribution in [3.8, 4) is 0 Å². The number of carbonyl (C=O) groups is 2. The molecule has 0 radical (unpaired) electrons. The molecule has 2 aliphatic rings. The van der Waals surface area contributed by atoms with Gasteiger partial charge < -0.3 is 8.86 Å². The van der Waals surface area contributed by atoms with Crippen molar-refractivity contribution >= 4 is 50.2 Å². The second kappa shape index (κ2) is 8.16. The molecule has 0 N–H and O–H groups in total. The molecule has 3 atom stereocenters. The lowest BCUT2D eigenvalue weighted by atomic mass is 9.81. The maximum absolute atomic E-state index is 13.4. The average molecular weight is 482 g/mol. The van der Waals surface area contributed by atoms with E-state index in [9.17, 15) is 23.1 Å². The Bertz CT molecular complexity index is 1360. The number of carbonyl (C=O) groups excluding carboxylic acids is 2. The number of hydrogen-bond acceptors (Lipinski definition) is 6. The van der Waals surface area contributed by atoms with E-state index in [2.05, 4.69) is 0 Å². The van der Waals surface area contributed by atoms with Crippen LogP contribution in [0.4, 0.5) is 5.69 Å². The number of anilines is 1. The van der Waals surface area contributed by atoms with Crippen molar-refractivity contribution in [1.29, 1.82) is 0 Å². The third-order valence-corrected chi connectivity index (χ3v) is 8.60. The highest BCUT2D eigenvalue weighted by Gasteiger charge is 2.44. The van der Waals surface area contributed by atoms with Crippen LogP contribution in [0.15, 0.2) is 47.3 Å². The van der Waals surface area contributed by atoms with Crippen molar-refractivity contribution in [2.45, 2.75) is 32.2 Å². The lowest BCUT2D eigenvalue weighted by Crippen LogP contribution is -2.49. The zero-order valence-corrected chi connectivity index (χ0v) is 19.7. The van der Waals surface area contributed by atoms with Crippen LogP contribution in [0.2, 0.25) is 0 Å². The highest BCUT2D eigenvalue weighted by molar-refractivity contribution is 7.80. The van der Waals surface area contributed by atoms with Gasteiger partial charge in [0.1, 0.15) is 0 Å². The molecule has 0 bridgehead atoms. The first-order chi connectivity index (χ1) is 15.8. The fourth-order valence-corrected chi connectivity index (χ4v) is 6.50. The van der Waals surface area contributed by atoms with Gasteiger partial charge in [0, 0.05) is 50.6 Å². The van der Waals surface area contributed by atoms with Gasteiger partial charge in [0.2, 0.25) is 0 Å². The Hall–Kier alpha value is -2.88. The fraction of sp³-hybridized carbons (Fsp3) is 0.292. The van der Waals surface area contributed by atoms with Crippen LogP contribution in [0.3, 0.4) is 0 Å². The maximum Gasteiger partial charge on any atom is 0.261 e. The maximum atomic E-state index is 13.4. The van der Waals surface area contributed by atoms with Crippen LogP contribution in [-0.4, -0.2) is 38.6 Å². The van der Waals surface area contributed by atoms with Crippen LogP contribution < -0.4 is 9.73 Å². The summed E-state index contributed by atoms with van der Waals surface area (Å²) in [6, 6.07) is 11.4. The molecule has 33 heavy (non-hydrogen) atoms. The van der Waals surface area contributed by atoms with Gasteiger partial charge in [-0.05, 0) is 49.1 Å². The van der Waals surface area contributed by atoms with Crippen LogP contribution in [0.25, 0.3) is 10.1 Å². The van der Waals surface area contributed by atoms with E-state index in [0.29, 0.717) is 40.6 Å². The molecule has 5 rings (SSSR count). The SMILES string of the molecule is CCC1Cc2sc3cc(N(C)S(=O)[O-])ccc3c(=O)c2CC1N1C(=O)c2ccccc2C1=O. The Balaban J connectivity index is 1.57. The largest absolute Gasteiger partial charge is 0.755 e. The Morgan fingerprint density at radius 1 is 1.09 bits per heavy atom. The van der Waals surface area contributed by atoms with E-state index >= 15 is 0 Å². The molecule has 9 heteroatoms. The van der Waals surface area contributed by atoms with Crippen molar-refractivity contribution in [3.63, 3.8) is 0 Å². The zero-order chi connectivity index (χ0) is 23.4. The number of imide groups is 1. The summed E-state index contributed by atoms with van der Waals surface area (Å²) in [6.07, 6.45) is 1.68. The molecule has 170 valence electrons. The molecule has 0 fully saturated rings. The zero-order valence-electron chi connectivity index (χ0n) is 18.1. The van der Waals surface area contributed by atoms with Crippen molar-refractivity contribution in [3.05, 3.63) is 74.3 Å². The number of hydrogen-bond donors (Lipinski definition) is 0. The van der Waals surface area contributed by atoms with E-state index in [1.165, 1.54) is 23.3 Å². The lowest BCUT2D eigenvalue weighted by molar-refractivity contribution is 0.0511. The predicted octanol–water partition coefficient (Wildman–Crippen LogP) is 3.28. The highest BCUT2D eigenvalue weighted by atomic mass is 32.2. The van der Waals surface area contributed by atoms with Crippen LogP contribution in [0, 0.1) is 5.92 Å². The van der Waals surface area contributed by atoms with E-state index in [-0.39, 0.29) is 29.2 Å². The minimum atomic E-state index is -2.41. The molecule has 0 saturated heterocycles. The molecule has 2 aromatic carbocycles. The van der Waals surface area contributed by atoms with Gasteiger partial charge in [-0.2, -0.15) is 0 Å². The summed E-state index contributed by atoms with van der Waals surface area (Å²) in [5.74, 6) is -0.553. The summed E-state index contributed by atoms with van der Waals surface area (Å²) >= 11 is -0.925. The van der Waals surface area contributed by atoms with Gasteiger partial charge in [0.25, 0.3) is 11.8 Å². The van der Waals surface area contributed by atoms with Gasteiger partial charge in [-0.3, -0.25) is 23.5 Å². The molecular formula is C24H21N2O5S2-. The number of benzene rings is 2. The van der Waals surface area contributed by atoms with E-state index < -0.39 is 11.3 Å². The average Bonchev–Trinajstić information content (AvgIpc) is 3.07. The summed E-state index contributed by atoms with van der Waals surface area (Å²) < 4.78 is 24.5. The van der Waals surface area contributed by atoms with Crippen molar-refractivity contribution in [1.82, 2.24) is 4.90 Å². The van der Waals surface area contributed by atoms with Gasteiger partial charge in [0.05, 0.1) is 11.1 Å². The van der Waals surface area contributed by atoms with Gasteiger partial charge >= 0.3 is 0 Å². The molecule has 2 heterocycles. The van der Waals surface area contributed by atoms with Gasteiger partial charge in [-0.25, -0.2) is 0 Å². The second-order valence-electron chi connectivity index (χ2n) is 8.40. The Kier molecular flexibility index (Phi) is 5.43. The molecule has 0 saturated carbocycles. The van der Waals surface area contributed by atoms with Gasteiger partial charge in [0.15, 0.2) is 5.43 Å². The minimum Gasteiger partial charge on any atom is -0.755 e. The third kappa shape index (κ3) is 3.42. The Labute approximate surface area is 197 Å². The first-order valence-electron chi connectivity index (χ1n) is 10.7. The summed E-state index contributed by atoms with van der Waals surface area (Å²) in [5, 5.41) is 0.517. The summed E-state index contributed by atoms with van der Waals surface area (Å²) in [6.45, 7) is 2.03. The van der Waals surface area contributed by atoms with E-state index in [1.54, 1.807) is 42.5 Å². The molecule has 3 unspecified atom stereocenters. The van der Waals surface area contributed by atoms with Crippen molar-refractivity contribution in [2.75, 3.05) is 11.4 Å². The second-order valence-corrected chi connectivity index (χ2v) is 10.5. The number of rotatable bonds is 4. The lowest BCUT2D eigenvalue weighted by Gasteiger charge is -2.37. The molecule has 7 nitrogen and oxygen atoms in total. The normalized spacial score (nSPS) is 20.6. The first-order valence-corrected chi connectivity index (χ1v) is 12.5. The summed E-state index contributed by atoms with van der Waals surface area (Å²) in [4.78, 5) is 41.9. The molecule has 0 spiro atoms. The van der Waals surface area contributed by atoms with E-state index in [4.69, 9.17) is 0 Å². The smallest absolute Gasteiger partial charge is 0.261 e. The Morgan fingerprint density at radius 3 is 2.36 bits per heavy atom. The van der Waals surface area contributed by atoms with Crippen LogP contribution in [0.1, 0.15) is 44.5 Å². The quantitative estimate of drug-likeness (QED) is 0.421. The summed E-state index contributed by atoms with van der Waals surface area (Å²) in [7, 11) is 1.45. The topological polar surface area (TPSA) is 97.8 Å². The van der Waals surface area contributed by atoms with Gasteiger partial charge in [-0.1, -0.05) is 25.5 Å². The minimum absolute atomic E-state index is 0.0350. The molecule has 1 aliphatic heterocycles. The molecule has 2 amide bonds. The number of nitrogens with zero attached hydrogens (tertiary/aromatic N) is 2. The fourth-order valence-electron chi connectivity index (χ4n) is 4.90. The van der Waals surface area contributed by atoms with Gasteiger partial charge in [-0.15, -0.1) is 11.3 Å². The predicted molar refractivity (Wildman–Crippen MR) is 127 cm³/mol. The number of amides is 2. The monoisotopic (exact) mass is 481 g/mol. The number of fused-ring (bicyclic) bond motifs is 3. The van der Waals surface area contributed by atoms with Crippen molar-refractivity contribution in [2.24, 2.45) is 5.92 Å². The van der Waals surface area contributed by atoms with Crippen LogP contribution in [0.5, 0.6) is 0 Å². The Morgan fingerprint density at radius 2 is 1.76 bits per heavy atom. The highest BCUT2D eigenvalue weighted by Crippen LogP contribution is 2.38. The van der Waals surface area contributed by atoms with E-state index in [1.807, 2.05) is 6.92 Å². The summed E-state index contributed by atoms with van der Waals surface area (Å²) in [5.41, 5.74) is 1.84. The third-order valence-electron chi connectivity index (χ3n) is 6.73. The molecule has 3 aromatic rings. The van der Waals surface area contributed by atoms with Crippen LogP contribution >= 0.6 is 11.3 Å².